The molecule has 9 nitrogen and oxygen atoms in total. The van der Waals surface area contributed by atoms with Crippen LogP contribution in [0.2, 0.25) is 5.02 Å². The normalized spacial score (nSPS) is 16.1. The Balaban J connectivity index is 1.11. The van der Waals surface area contributed by atoms with Gasteiger partial charge in [-0.2, -0.15) is 4.31 Å². The molecular weight excluding hydrogens is 610 g/mol. The molecule has 1 aromatic heterocycles. The predicted octanol–water partition coefficient (Wildman–Crippen LogP) is 4.36. The van der Waals surface area contributed by atoms with E-state index in [1.165, 1.54) is 10.4 Å². The topological polar surface area (TPSA) is 95.0 Å². The maximum absolute atomic E-state index is 13.7. The Morgan fingerprint density at radius 3 is 2.47 bits per heavy atom. The van der Waals surface area contributed by atoms with Crippen LogP contribution in [0, 0.1) is 0 Å². The maximum Gasteiger partial charge on any atom is 0.256 e. The molecule has 0 spiro atoms. The van der Waals surface area contributed by atoms with Crippen molar-refractivity contribution >= 4 is 44.1 Å². The van der Waals surface area contributed by atoms with E-state index < -0.39 is 21.4 Å². The summed E-state index contributed by atoms with van der Waals surface area (Å²) >= 11 is 6.15. The molecular formula is C34H38ClN5O4S. The number of halogens is 1. The van der Waals surface area contributed by atoms with Crippen LogP contribution in [0.1, 0.15) is 34.8 Å². The number of anilines is 1. The van der Waals surface area contributed by atoms with Crippen molar-refractivity contribution in [3.8, 4) is 0 Å². The van der Waals surface area contributed by atoms with E-state index in [1.807, 2.05) is 54.0 Å². The fraction of sp³-hybridized carbons (Fsp3) is 0.353. The number of pyridine rings is 1. The fourth-order valence-corrected chi connectivity index (χ4v) is 7.92. The number of nitrogens with zero attached hydrogens (tertiary/aromatic N) is 4. The third kappa shape index (κ3) is 6.65. The lowest BCUT2D eigenvalue weighted by atomic mass is 10.0. The van der Waals surface area contributed by atoms with Crippen molar-refractivity contribution in [2.75, 3.05) is 50.7 Å². The quantitative estimate of drug-likeness (QED) is 0.271. The van der Waals surface area contributed by atoms with Crippen molar-refractivity contribution < 1.29 is 13.2 Å². The number of aryl methyl sites for hydroxylation is 1. The standard InChI is InChI=1S/C34H38ClN5O4S/c1-2-38-24-31(34(42)36-14-6-15-37-17-19-39(20-18-37)28-10-5-9-27(35)21-28)33(41)30-22-29(11-12-32(30)38)45(43,44)40-16-13-25-7-3-4-8-26(25)23-40/h3-5,7-12,21-22,24H,2,6,13-20,23H2,1H3,(H,36,42). The molecule has 2 aliphatic rings. The van der Waals surface area contributed by atoms with Gasteiger partial charge in [-0.1, -0.05) is 41.9 Å². The van der Waals surface area contributed by atoms with E-state index in [0.717, 1.165) is 61.0 Å². The minimum atomic E-state index is -3.84. The Morgan fingerprint density at radius 1 is 0.933 bits per heavy atom. The highest BCUT2D eigenvalue weighted by atomic mass is 35.5. The molecule has 1 amide bonds. The molecule has 4 aromatic rings. The molecule has 3 aromatic carbocycles. The van der Waals surface area contributed by atoms with E-state index >= 15 is 0 Å². The summed E-state index contributed by atoms with van der Waals surface area (Å²) in [6, 6.07) is 20.4. The highest BCUT2D eigenvalue weighted by molar-refractivity contribution is 7.89. The average molecular weight is 648 g/mol. The number of fused-ring (bicyclic) bond motifs is 2. The third-order valence-electron chi connectivity index (χ3n) is 8.85. The number of amides is 1. The Hall–Kier alpha value is -3.70. The van der Waals surface area contributed by atoms with Gasteiger partial charge in [-0.25, -0.2) is 8.42 Å². The van der Waals surface area contributed by atoms with E-state index in [2.05, 4.69) is 21.2 Å². The van der Waals surface area contributed by atoms with Crippen molar-refractivity contribution in [1.29, 1.82) is 0 Å². The van der Waals surface area contributed by atoms with Gasteiger partial charge in [-0.15, -0.1) is 0 Å². The Labute approximate surface area is 269 Å². The van der Waals surface area contributed by atoms with Crippen molar-refractivity contribution in [3.05, 3.63) is 105 Å². The Kier molecular flexibility index (Phi) is 9.28. The van der Waals surface area contributed by atoms with E-state index in [0.29, 0.717) is 31.6 Å². The molecule has 2 aliphatic heterocycles. The van der Waals surface area contributed by atoms with Crippen LogP contribution in [-0.2, 0) is 29.5 Å². The molecule has 11 heteroatoms. The molecule has 0 aliphatic carbocycles. The molecule has 0 radical (unpaired) electrons. The summed E-state index contributed by atoms with van der Waals surface area (Å²) in [7, 11) is -3.84. The first-order chi connectivity index (χ1) is 21.7. The van der Waals surface area contributed by atoms with Gasteiger partial charge in [0, 0.05) is 74.7 Å². The van der Waals surface area contributed by atoms with E-state index in [1.54, 1.807) is 18.3 Å². The first-order valence-electron chi connectivity index (χ1n) is 15.5. The van der Waals surface area contributed by atoms with Gasteiger partial charge in [0.1, 0.15) is 5.56 Å². The molecule has 0 unspecified atom stereocenters. The number of carbonyl (C=O) groups is 1. The van der Waals surface area contributed by atoms with Gasteiger partial charge in [0.25, 0.3) is 5.91 Å². The number of carbonyl (C=O) groups excluding carboxylic acids is 1. The first kappa shape index (κ1) is 31.3. The number of aromatic nitrogens is 1. The van der Waals surface area contributed by atoms with Gasteiger partial charge in [0.15, 0.2) is 0 Å². The van der Waals surface area contributed by atoms with Crippen molar-refractivity contribution in [2.24, 2.45) is 0 Å². The SMILES string of the molecule is CCn1cc(C(=O)NCCCN2CCN(c3cccc(Cl)c3)CC2)c(=O)c2cc(S(=O)(=O)N3CCc4ccccc4C3)ccc21. The van der Waals surface area contributed by atoms with Crippen LogP contribution < -0.4 is 15.6 Å². The minimum absolute atomic E-state index is 0.0148. The Morgan fingerprint density at radius 2 is 1.71 bits per heavy atom. The summed E-state index contributed by atoms with van der Waals surface area (Å²) in [5, 5.41) is 3.87. The monoisotopic (exact) mass is 647 g/mol. The van der Waals surface area contributed by atoms with Crippen LogP contribution >= 0.6 is 11.6 Å². The predicted molar refractivity (Wildman–Crippen MR) is 179 cm³/mol. The fourth-order valence-electron chi connectivity index (χ4n) is 6.29. The second-order valence-corrected chi connectivity index (χ2v) is 14.0. The summed E-state index contributed by atoms with van der Waals surface area (Å²) in [4.78, 5) is 31.6. The molecule has 45 heavy (non-hydrogen) atoms. The van der Waals surface area contributed by atoms with Crippen molar-refractivity contribution in [1.82, 2.24) is 19.1 Å². The zero-order chi connectivity index (χ0) is 31.6. The number of sulfonamides is 1. The van der Waals surface area contributed by atoms with E-state index in [4.69, 9.17) is 11.6 Å². The summed E-state index contributed by atoms with van der Waals surface area (Å²) < 4.78 is 30.6. The van der Waals surface area contributed by atoms with Crippen LogP contribution in [0.25, 0.3) is 10.9 Å². The van der Waals surface area contributed by atoms with Crippen LogP contribution in [0.4, 0.5) is 5.69 Å². The summed E-state index contributed by atoms with van der Waals surface area (Å²) in [5.41, 5.74) is 3.41. The molecule has 0 bridgehead atoms. The van der Waals surface area contributed by atoms with Crippen LogP contribution in [0.5, 0.6) is 0 Å². The summed E-state index contributed by atoms with van der Waals surface area (Å²) in [5.74, 6) is -0.448. The molecule has 1 N–H and O–H groups in total. The van der Waals surface area contributed by atoms with Gasteiger partial charge >= 0.3 is 0 Å². The lowest BCUT2D eigenvalue weighted by Crippen LogP contribution is -2.47. The van der Waals surface area contributed by atoms with Gasteiger partial charge in [0.05, 0.1) is 10.4 Å². The first-order valence-corrected chi connectivity index (χ1v) is 17.3. The number of piperazine rings is 1. The van der Waals surface area contributed by atoms with Gasteiger partial charge in [-0.05, 0) is 73.8 Å². The number of nitrogens with one attached hydrogen (secondary N) is 1. The molecule has 0 atom stereocenters. The molecule has 0 saturated carbocycles. The lowest BCUT2D eigenvalue weighted by Gasteiger charge is -2.36. The van der Waals surface area contributed by atoms with Crippen LogP contribution in [-0.4, -0.2) is 73.9 Å². The van der Waals surface area contributed by atoms with Gasteiger partial charge in [0.2, 0.25) is 15.5 Å². The highest BCUT2D eigenvalue weighted by Gasteiger charge is 2.29. The highest BCUT2D eigenvalue weighted by Crippen LogP contribution is 2.27. The zero-order valence-corrected chi connectivity index (χ0v) is 27.0. The number of benzene rings is 3. The smallest absolute Gasteiger partial charge is 0.256 e. The van der Waals surface area contributed by atoms with Gasteiger partial charge in [-0.3, -0.25) is 14.5 Å². The zero-order valence-electron chi connectivity index (χ0n) is 25.4. The second-order valence-electron chi connectivity index (χ2n) is 11.6. The molecule has 1 saturated heterocycles. The molecule has 1 fully saturated rings. The third-order valence-corrected chi connectivity index (χ3v) is 10.9. The largest absolute Gasteiger partial charge is 0.369 e. The summed E-state index contributed by atoms with van der Waals surface area (Å²) in [6.45, 7) is 8.02. The van der Waals surface area contributed by atoms with Crippen molar-refractivity contribution in [2.45, 2.75) is 37.8 Å². The van der Waals surface area contributed by atoms with Crippen LogP contribution in [0.15, 0.2) is 82.6 Å². The minimum Gasteiger partial charge on any atom is -0.369 e. The number of hydrogen-bond donors (Lipinski definition) is 1. The lowest BCUT2D eigenvalue weighted by molar-refractivity contribution is 0.0950. The van der Waals surface area contributed by atoms with Crippen molar-refractivity contribution in [3.63, 3.8) is 0 Å². The van der Waals surface area contributed by atoms with Gasteiger partial charge < -0.3 is 14.8 Å². The number of hydrogen-bond acceptors (Lipinski definition) is 6. The van der Waals surface area contributed by atoms with E-state index in [9.17, 15) is 18.0 Å². The molecule has 236 valence electrons. The van der Waals surface area contributed by atoms with E-state index in [-0.39, 0.29) is 22.4 Å². The summed E-state index contributed by atoms with van der Waals surface area (Å²) in [6.07, 6.45) is 2.96. The number of rotatable bonds is 9. The van der Waals surface area contributed by atoms with Crippen LogP contribution in [0.3, 0.4) is 0 Å². The average Bonchev–Trinajstić information content (AvgIpc) is 3.06. The molecule has 3 heterocycles. The second kappa shape index (κ2) is 13.3. The Bertz CT molecular complexity index is 1890. The molecule has 6 rings (SSSR count). The maximum atomic E-state index is 13.7.